The van der Waals surface area contributed by atoms with Gasteiger partial charge in [0, 0.05) is 13.1 Å². The third-order valence-electron chi connectivity index (χ3n) is 4.29. The first-order valence-corrected chi connectivity index (χ1v) is 9.07. The molecule has 2 aliphatic heterocycles. The standard InChI is InChI=1S/C17H24ClN5O3/c1-9(2)11-12-13(21-15(18)20-11)23-7-6-22(8-10(23)14(24)19-12)16(25)26-17(3,4)5/h9-10H,6-8H2,1-5H3,(H,19,24). The molecule has 0 aromatic carbocycles. The molecule has 1 N–H and O–H groups in total. The van der Waals surface area contributed by atoms with Crippen LogP contribution in [-0.4, -0.2) is 58.1 Å². The van der Waals surface area contributed by atoms with Crippen LogP contribution in [0, 0.1) is 0 Å². The lowest BCUT2D eigenvalue weighted by Gasteiger charge is -2.44. The second kappa shape index (κ2) is 6.57. The van der Waals surface area contributed by atoms with Crippen LogP contribution >= 0.6 is 11.6 Å². The molecule has 0 bridgehead atoms. The smallest absolute Gasteiger partial charge is 0.410 e. The van der Waals surface area contributed by atoms with Gasteiger partial charge in [-0.3, -0.25) is 4.79 Å². The minimum atomic E-state index is -0.581. The van der Waals surface area contributed by atoms with Gasteiger partial charge in [-0.1, -0.05) is 13.8 Å². The zero-order valence-corrected chi connectivity index (χ0v) is 16.4. The summed E-state index contributed by atoms with van der Waals surface area (Å²) in [5.41, 5.74) is 0.737. The first kappa shape index (κ1) is 18.7. The third-order valence-corrected chi connectivity index (χ3v) is 4.46. The van der Waals surface area contributed by atoms with E-state index in [0.717, 1.165) is 0 Å². The van der Waals surface area contributed by atoms with Crippen molar-refractivity contribution in [2.75, 3.05) is 29.9 Å². The van der Waals surface area contributed by atoms with Crippen LogP contribution in [-0.2, 0) is 9.53 Å². The van der Waals surface area contributed by atoms with Gasteiger partial charge < -0.3 is 19.9 Å². The van der Waals surface area contributed by atoms with Crippen LogP contribution in [0.5, 0.6) is 0 Å². The molecule has 3 rings (SSSR count). The van der Waals surface area contributed by atoms with Crippen molar-refractivity contribution in [3.63, 3.8) is 0 Å². The normalized spacial score (nSPS) is 19.8. The molecule has 0 radical (unpaired) electrons. The van der Waals surface area contributed by atoms with Crippen LogP contribution in [0.1, 0.15) is 46.2 Å². The van der Waals surface area contributed by atoms with E-state index in [1.54, 1.807) is 4.90 Å². The van der Waals surface area contributed by atoms with Crippen molar-refractivity contribution in [3.05, 3.63) is 11.0 Å². The molecule has 1 fully saturated rings. The van der Waals surface area contributed by atoms with Gasteiger partial charge in [0.15, 0.2) is 5.82 Å². The van der Waals surface area contributed by atoms with Gasteiger partial charge in [-0.25, -0.2) is 9.78 Å². The molecule has 1 aromatic rings. The van der Waals surface area contributed by atoms with Gasteiger partial charge in [-0.2, -0.15) is 4.98 Å². The number of anilines is 2. The monoisotopic (exact) mass is 381 g/mol. The molecule has 1 saturated heterocycles. The van der Waals surface area contributed by atoms with Crippen LogP contribution < -0.4 is 10.2 Å². The Labute approximate surface area is 157 Å². The van der Waals surface area contributed by atoms with E-state index in [-0.39, 0.29) is 23.7 Å². The zero-order valence-electron chi connectivity index (χ0n) is 15.7. The van der Waals surface area contributed by atoms with Crippen LogP contribution in [0.15, 0.2) is 0 Å². The van der Waals surface area contributed by atoms with Crippen LogP contribution in [0.25, 0.3) is 0 Å². The average Bonchev–Trinajstić information content (AvgIpc) is 2.53. The van der Waals surface area contributed by atoms with Gasteiger partial charge in [0.1, 0.15) is 17.3 Å². The summed E-state index contributed by atoms with van der Waals surface area (Å²) in [5.74, 6) is 0.518. The summed E-state index contributed by atoms with van der Waals surface area (Å²) in [6.45, 7) is 10.6. The highest BCUT2D eigenvalue weighted by atomic mass is 35.5. The Morgan fingerprint density at radius 1 is 1.31 bits per heavy atom. The molecule has 2 amide bonds. The highest BCUT2D eigenvalue weighted by Gasteiger charge is 2.41. The van der Waals surface area contributed by atoms with Crippen molar-refractivity contribution >= 4 is 35.1 Å². The molecular formula is C17H24ClN5O3. The van der Waals surface area contributed by atoms with Crippen molar-refractivity contribution in [3.8, 4) is 0 Å². The third kappa shape index (κ3) is 3.56. The number of carbonyl (C=O) groups excluding carboxylic acids is 2. The molecule has 2 aliphatic rings. The molecule has 142 valence electrons. The minimum Gasteiger partial charge on any atom is -0.444 e. The first-order chi connectivity index (χ1) is 12.1. The van der Waals surface area contributed by atoms with E-state index in [1.165, 1.54) is 0 Å². The first-order valence-electron chi connectivity index (χ1n) is 8.69. The number of rotatable bonds is 1. The van der Waals surface area contributed by atoms with Gasteiger partial charge in [-0.05, 0) is 38.3 Å². The van der Waals surface area contributed by atoms with Gasteiger partial charge in [-0.15, -0.1) is 0 Å². The predicted octanol–water partition coefficient (Wildman–Crippen LogP) is 2.63. The molecule has 0 aliphatic carbocycles. The van der Waals surface area contributed by atoms with Crippen molar-refractivity contribution < 1.29 is 14.3 Å². The summed E-state index contributed by atoms with van der Waals surface area (Å²) in [6, 6.07) is -0.533. The summed E-state index contributed by atoms with van der Waals surface area (Å²) in [6.07, 6.45) is -0.417. The fraction of sp³-hybridized carbons (Fsp3) is 0.647. The molecule has 0 saturated carbocycles. The van der Waals surface area contributed by atoms with E-state index in [1.807, 2.05) is 39.5 Å². The number of nitrogens with one attached hydrogen (secondary N) is 1. The van der Waals surface area contributed by atoms with Crippen LogP contribution in [0.4, 0.5) is 16.3 Å². The SMILES string of the molecule is CC(C)c1nc(Cl)nc2c1NC(=O)C1CN(C(=O)OC(C)(C)C)CCN21. The van der Waals surface area contributed by atoms with E-state index in [4.69, 9.17) is 16.3 Å². The van der Waals surface area contributed by atoms with E-state index < -0.39 is 17.7 Å². The lowest BCUT2D eigenvalue weighted by molar-refractivity contribution is -0.118. The van der Waals surface area contributed by atoms with Gasteiger partial charge in [0.25, 0.3) is 0 Å². The molecule has 26 heavy (non-hydrogen) atoms. The molecule has 1 unspecified atom stereocenters. The number of fused-ring (bicyclic) bond motifs is 3. The second-order valence-electron chi connectivity index (χ2n) is 7.86. The second-order valence-corrected chi connectivity index (χ2v) is 8.19. The molecule has 1 aromatic heterocycles. The minimum absolute atomic E-state index is 0.0872. The fourth-order valence-corrected chi connectivity index (χ4v) is 3.31. The largest absolute Gasteiger partial charge is 0.444 e. The number of piperazine rings is 1. The Hall–Kier alpha value is -2.09. The number of halogens is 1. The highest BCUT2D eigenvalue weighted by Crippen LogP contribution is 2.37. The maximum absolute atomic E-state index is 12.7. The molecule has 0 spiro atoms. The van der Waals surface area contributed by atoms with Crippen molar-refractivity contribution in [1.29, 1.82) is 0 Å². The van der Waals surface area contributed by atoms with Crippen molar-refractivity contribution in [2.45, 2.75) is 52.2 Å². The summed E-state index contributed by atoms with van der Waals surface area (Å²) < 4.78 is 5.42. The maximum atomic E-state index is 12.7. The van der Waals surface area contributed by atoms with Gasteiger partial charge >= 0.3 is 6.09 Å². The molecule has 3 heterocycles. The fourth-order valence-electron chi connectivity index (χ4n) is 3.14. The Bertz CT molecular complexity index is 747. The lowest BCUT2D eigenvalue weighted by atomic mass is 10.0. The summed E-state index contributed by atoms with van der Waals surface area (Å²) in [4.78, 5) is 37.1. The molecule has 8 nitrogen and oxygen atoms in total. The Morgan fingerprint density at radius 2 is 2.00 bits per heavy atom. The number of hydrogen-bond donors (Lipinski definition) is 1. The van der Waals surface area contributed by atoms with Crippen LogP contribution in [0.3, 0.4) is 0 Å². The van der Waals surface area contributed by atoms with Gasteiger partial charge in [0.05, 0.1) is 12.2 Å². The van der Waals surface area contributed by atoms with Gasteiger partial charge in [0.2, 0.25) is 11.2 Å². The molecule has 1 atom stereocenters. The number of hydrogen-bond acceptors (Lipinski definition) is 6. The molecule has 9 heteroatoms. The Balaban J connectivity index is 1.88. The van der Waals surface area contributed by atoms with E-state index in [2.05, 4.69) is 15.3 Å². The van der Waals surface area contributed by atoms with E-state index >= 15 is 0 Å². The lowest BCUT2D eigenvalue weighted by Crippen LogP contribution is -2.61. The zero-order chi connectivity index (χ0) is 19.2. The number of ether oxygens (including phenoxy) is 1. The summed E-state index contributed by atoms with van der Waals surface area (Å²) in [7, 11) is 0. The number of nitrogens with zero attached hydrogens (tertiary/aromatic N) is 4. The summed E-state index contributed by atoms with van der Waals surface area (Å²) >= 11 is 6.10. The topological polar surface area (TPSA) is 87.7 Å². The average molecular weight is 382 g/mol. The van der Waals surface area contributed by atoms with Crippen LogP contribution in [0.2, 0.25) is 5.28 Å². The maximum Gasteiger partial charge on any atom is 0.410 e. The highest BCUT2D eigenvalue weighted by molar-refractivity contribution is 6.28. The Kier molecular flexibility index (Phi) is 4.72. The molecular weight excluding hydrogens is 358 g/mol. The van der Waals surface area contributed by atoms with Crippen molar-refractivity contribution in [1.82, 2.24) is 14.9 Å². The number of carbonyl (C=O) groups is 2. The predicted molar refractivity (Wildman–Crippen MR) is 98.7 cm³/mol. The number of aromatic nitrogens is 2. The number of amides is 2. The Morgan fingerprint density at radius 3 is 2.62 bits per heavy atom. The quantitative estimate of drug-likeness (QED) is 0.752. The summed E-state index contributed by atoms with van der Waals surface area (Å²) in [5, 5.41) is 3.05. The van der Waals surface area contributed by atoms with E-state index in [9.17, 15) is 9.59 Å². The van der Waals surface area contributed by atoms with E-state index in [0.29, 0.717) is 30.3 Å². The van der Waals surface area contributed by atoms with Crippen molar-refractivity contribution in [2.24, 2.45) is 0 Å².